The molecule has 0 atom stereocenters. The van der Waals surface area contributed by atoms with Gasteiger partial charge in [-0.05, 0) is 17.7 Å². The van der Waals surface area contributed by atoms with Gasteiger partial charge in [0, 0.05) is 38.4 Å². The van der Waals surface area contributed by atoms with Crippen molar-refractivity contribution in [3.8, 4) is 5.82 Å². The minimum atomic E-state index is -0.267. The Balaban J connectivity index is 1.34. The maximum absolute atomic E-state index is 12.3. The number of amides is 1. The molecule has 0 radical (unpaired) electrons. The van der Waals surface area contributed by atoms with E-state index in [1.807, 2.05) is 59.3 Å². The third-order valence-electron chi connectivity index (χ3n) is 4.56. The number of carbonyl (C=O) groups is 1. The zero-order valence-corrected chi connectivity index (χ0v) is 14.9. The van der Waals surface area contributed by atoms with Gasteiger partial charge in [-0.1, -0.05) is 36.4 Å². The quantitative estimate of drug-likeness (QED) is 0.713. The molecule has 27 heavy (non-hydrogen) atoms. The highest BCUT2D eigenvalue weighted by Crippen LogP contribution is 2.19. The van der Waals surface area contributed by atoms with Crippen LogP contribution >= 0.6 is 0 Å². The van der Waals surface area contributed by atoms with Gasteiger partial charge in [0.1, 0.15) is 12.4 Å². The lowest BCUT2D eigenvalue weighted by Gasteiger charge is -2.35. The van der Waals surface area contributed by atoms with Gasteiger partial charge in [0.05, 0.1) is 6.20 Å². The highest BCUT2D eigenvalue weighted by Gasteiger charge is 2.24. The summed E-state index contributed by atoms with van der Waals surface area (Å²) in [6.07, 6.45) is 3.25. The summed E-state index contributed by atoms with van der Waals surface area (Å²) in [5.74, 6) is 1.76. The molecule has 1 aliphatic heterocycles. The van der Waals surface area contributed by atoms with E-state index in [-0.39, 0.29) is 6.09 Å². The number of ether oxygens (including phenoxy) is 1. The topological polar surface area (TPSA) is 63.5 Å². The Bertz CT molecular complexity index is 874. The molecule has 7 heteroatoms. The van der Waals surface area contributed by atoms with E-state index in [1.165, 1.54) is 0 Å². The zero-order valence-electron chi connectivity index (χ0n) is 14.9. The number of pyridine rings is 1. The maximum atomic E-state index is 12.3. The Hall–Kier alpha value is -3.35. The normalized spacial score (nSPS) is 14.2. The van der Waals surface area contributed by atoms with Gasteiger partial charge in [0.25, 0.3) is 0 Å². The highest BCUT2D eigenvalue weighted by molar-refractivity contribution is 5.68. The van der Waals surface area contributed by atoms with Gasteiger partial charge in [-0.2, -0.15) is 9.78 Å². The number of nitrogens with zero attached hydrogens (tertiary/aromatic N) is 5. The Kier molecular flexibility index (Phi) is 5.00. The standard InChI is InChI=1S/C20H21N5O2/c26-20(27-16-17-6-2-1-3-7-17)24-14-12-23(13-15-24)19-9-11-22-25(19)18-8-4-5-10-21-18/h1-11H,12-16H2. The first kappa shape index (κ1) is 17.1. The van der Waals surface area contributed by atoms with Gasteiger partial charge < -0.3 is 14.5 Å². The number of rotatable bonds is 4. The van der Waals surface area contributed by atoms with E-state index < -0.39 is 0 Å². The van der Waals surface area contributed by atoms with Crippen LogP contribution in [0.2, 0.25) is 0 Å². The molecule has 3 heterocycles. The van der Waals surface area contributed by atoms with Gasteiger partial charge in [-0.25, -0.2) is 9.78 Å². The minimum absolute atomic E-state index is 0.267. The van der Waals surface area contributed by atoms with Crippen molar-refractivity contribution in [2.45, 2.75) is 6.61 Å². The second-order valence-electron chi connectivity index (χ2n) is 6.30. The second-order valence-corrected chi connectivity index (χ2v) is 6.30. The lowest BCUT2D eigenvalue weighted by atomic mass is 10.2. The number of aromatic nitrogens is 3. The van der Waals surface area contributed by atoms with Gasteiger partial charge in [-0.3, -0.25) is 0 Å². The fourth-order valence-electron chi connectivity index (χ4n) is 3.12. The predicted octanol–water partition coefficient (Wildman–Crippen LogP) is 2.73. The molecule has 0 unspecified atom stereocenters. The van der Waals surface area contributed by atoms with Crippen molar-refractivity contribution in [2.24, 2.45) is 0 Å². The van der Waals surface area contributed by atoms with Crippen LogP contribution in [0.25, 0.3) is 5.82 Å². The summed E-state index contributed by atoms with van der Waals surface area (Å²) in [7, 11) is 0. The lowest BCUT2D eigenvalue weighted by molar-refractivity contribution is 0.0941. The summed E-state index contributed by atoms with van der Waals surface area (Å²) < 4.78 is 7.25. The molecule has 1 aliphatic rings. The first-order valence-corrected chi connectivity index (χ1v) is 8.97. The van der Waals surface area contributed by atoms with Crippen molar-refractivity contribution < 1.29 is 9.53 Å². The molecule has 1 amide bonds. The lowest BCUT2D eigenvalue weighted by Crippen LogP contribution is -2.49. The predicted molar refractivity (Wildman–Crippen MR) is 102 cm³/mol. The van der Waals surface area contributed by atoms with Gasteiger partial charge >= 0.3 is 6.09 Å². The van der Waals surface area contributed by atoms with Crippen molar-refractivity contribution in [3.05, 3.63) is 72.6 Å². The van der Waals surface area contributed by atoms with E-state index in [0.717, 1.165) is 30.3 Å². The Morgan fingerprint density at radius 3 is 2.44 bits per heavy atom. The van der Waals surface area contributed by atoms with Crippen LogP contribution in [0.3, 0.4) is 0 Å². The number of anilines is 1. The molecule has 0 bridgehead atoms. The zero-order chi connectivity index (χ0) is 18.5. The fraction of sp³-hybridized carbons (Fsp3) is 0.250. The van der Waals surface area contributed by atoms with Crippen LogP contribution in [0.1, 0.15) is 5.56 Å². The maximum Gasteiger partial charge on any atom is 0.410 e. The van der Waals surface area contributed by atoms with E-state index in [9.17, 15) is 4.79 Å². The van der Waals surface area contributed by atoms with E-state index in [0.29, 0.717) is 19.7 Å². The summed E-state index contributed by atoms with van der Waals surface area (Å²) in [6.45, 7) is 2.96. The minimum Gasteiger partial charge on any atom is -0.445 e. The van der Waals surface area contributed by atoms with Crippen LogP contribution in [0.5, 0.6) is 0 Å². The number of piperazine rings is 1. The largest absolute Gasteiger partial charge is 0.445 e. The number of hydrogen-bond donors (Lipinski definition) is 0. The summed E-state index contributed by atoms with van der Waals surface area (Å²) in [6, 6.07) is 17.4. The SMILES string of the molecule is O=C(OCc1ccccc1)N1CCN(c2ccnn2-c2ccccn2)CC1. The highest BCUT2D eigenvalue weighted by atomic mass is 16.6. The van der Waals surface area contributed by atoms with Gasteiger partial charge in [0.15, 0.2) is 5.82 Å². The molecule has 1 aromatic carbocycles. The number of benzene rings is 1. The molecule has 1 saturated heterocycles. The second kappa shape index (κ2) is 7.90. The van der Waals surface area contributed by atoms with E-state index in [2.05, 4.69) is 15.0 Å². The van der Waals surface area contributed by atoms with E-state index in [4.69, 9.17) is 4.74 Å². The third kappa shape index (κ3) is 3.92. The van der Waals surface area contributed by atoms with Gasteiger partial charge in [-0.15, -0.1) is 0 Å². The van der Waals surface area contributed by atoms with Crippen molar-refractivity contribution in [1.82, 2.24) is 19.7 Å². The summed E-state index contributed by atoms with van der Waals surface area (Å²) in [5.41, 5.74) is 0.990. The molecule has 4 rings (SSSR count). The number of carbonyl (C=O) groups excluding carboxylic acids is 1. The molecular formula is C20H21N5O2. The van der Waals surface area contributed by atoms with Gasteiger partial charge in [0.2, 0.25) is 0 Å². The first-order chi connectivity index (χ1) is 13.3. The molecule has 138 valence electrons. The average molecular weight is 363 g/mol. The molecule has 3 aromatic rings. The van der Waals surface area contributed by atoms with Crippen molar-refractivity contribution in [2.75, 3.05) is 31.1 Å². The number of hydrogen-bond acceptors (Lipinski definition) is 5. The molecule has 2 aromatic heterocycles. The first-order valence-electron chi connectivity index (χ1n) is 8.97. The molecule has 0 aliphatic carbocycles. The van der Waals surface area contributed by atoms with Crippen molar-refractivity contribution in [1.29, 1.82) is 0 Å². The third-order valence-corrected chi connectivity index (χ3v) is 4.56. The van der Waals surface area contributed by atoms with Crippen LogP contribution in [-0.2, 0) is 11.3 Å². The van der Waals surface area contributed by atoms with Crippen LogP contribution in [0.4, 0.5) is 10.6 Å². The smallest absolute Gasteiger partial charge is 0.410 e. The van der Waals surface area contributed by atoms with E-state index >= 15 is 0 Å². The molecule has 0 N–H and O–H groups in total. The average Bonchev–Trinajstić information content (AvgIpc) is 3.23. The monoisotopic (exact) mass is 363 g/mol. The Morgan fingerprint density at radius 2 is 1.70 bits per heavy atom. The van der Waals surface area contributed by atoms with Crippen LogP contribution < -0.4 is 4.90 Å². The van der Waals surface area contributed by atoms with Crippen LogP contribution in [-0.4, -0.2) is 51.9 Å². The molecule has 0 spiro atoms. The van der Waals surface area contributed by atoms with Crippen molar-refractivity contribution in [3.63, 3.8) is 0 Å². The summed E-state index contributed by atoms with van der Waals surface area (Å²) in [4.78, 5) is 20.6. The molecule has 0 saturated carbocycles. The molecule has 1 fully saturated rings. The Morgan fingerprint density at radius 1 is 0.926 bits per heavy atom. The summed E-state index contributed by atoms with van der Waals surface area (Å²) in [5, 5.41) is 4.39. The summed E-state index contributed by atoms with van der Waals surface area (Å²) >= 11 is 0. The Labute approximate surface area is 157 Å². The van der Waals surface area contributed by atoms with Crippen molar-refractivity contribution >= 4 is 11.9 Å². The van der Waals surface area contributed by atoms with E-state index in [1.54, 1.807) is 17.3 Å². The fourth-order valence-corrected chi connectivity index (χ4v) is 3.12. The van der Waals surface area contributed by atoms with Crippen LogP contribution in [0, 0.1) is 0 Å². The molecular weight excluding hydrogens is 342 g/mol. The molecule has 7 nitrogen and oxygen atoms in total. The van der Waals surface area contributed by atoms with Crippen LogP contribution in [0.15, 0.2) is 67.0 Å².